The number of anilines is 1. The third kappa shape index (κ3) is 5.92. The van der Waals surface area contributed by atoms with Crippen molar-refractivity contribution in [1.29, 1.82) is 0 Å². The highest BCUT2D eigenvalue weighted by Gasteiger charge is 2.33. The van der Waals surface area contributed by atoms with E-state index in [0.29, 0.717) is 30.9 Å². The zero-order valence-corrected chi connectivity index (χ0v) is 18.3. The van der Waals surface area contributed by atoms with Gasteiger partial charge in [-0.1, -0.05) is 55.8 Å². The molecular weight excluding hydrogens is 392 g/mol. The Morgan fingerprint density at radius 2 is 1.84 bits per heavy atom. The van der Waals surface area contributed by atoms with Crippen LogP contribution in [0.4, 0.5) is 5.69 Å². The Labute approximate surface area is 183 Å². The molecule has 3 rings (SSSR count). The number of rotatable bonds is 7. The van der Waals surface area contributed by atoms with E-state index in [1.807, 2.05) is 49.9 Å². The van der Waals surface area contributed by atoms with E-state index in [4.69, 9.17) is 0 Å². The molecule has 7 heteroatoms. The van der Waals surface area contributed by atoms with Crippen LogP contribution in [0.3, 0.4) is 0 Å². The molecule has 1 saturated heterocycles. The van der Waals surface area contributed by atoms with Gasteiger partial charge in [-0.2, -0.15) is 0 Å². The summed E-state index contributed by atoms with van der Waals surface area (Å²) in [6.07, 6.45) is 0. The summed E-state index contributed by atoms with van der Waals surface area (Å²) in [4.78, 5) is 39.5. The second kappa shape index (κ2) is 10.2. The van der Waals surface area contributed by atoms with Crippen LogP contribution in [0.15, 0.2) is 48.5 Å². The molecule has 31 heavy (non-hydrogen) atoms. The molecule has 1 atom stereocenters. The summed E-state index contributed by atoms with van der Waals surface area (Å²) in [5.74, 6) is -0.467. The highest BCUT2D eigenvalue weighted by atomic mass is 16.2. The molecule has 2 aromatic rings. The first-order chi connectivity index (χ1) is 14.8. The fourth-order valence-electron chi connectivity index (χ4n) is 3.78. The predicted octanol–water partition coefficient (Wildman–Crippen LogP) is 2.32. The van der Waals surface area contributed by atoms with E-state index in [1.54, 1.807) is 24.3 Å². The fourth-order valence-corrected chi connectivity index (χ4v) is 3.78. The Morgan fingerprint density at radius 3 is 2.55 bits per heavy atom. The molecule has 3 N–H and O–H groups in total. The Balaban J connectivity index is 1.64. The quantitative estimate of drug-likeness (QED) is 0.639. The second-order valence-electron chi connectivity index (χ2n) is 8.21. The summed E-state index contributed by atoms with van der Waals surface area (Å²) in [5.41, 5.74) is 3.02. The van der Waals surface area contributed by atoms with Crippen molar-refractivity contribution >= 4 is 23.4 Å². The van der Waals surface area contributed by atoms with Gasteiger partial charge in [0, 0.05) is 19.6 Å². The molecule has 0 bridgehead atoms. The van der Waals surface area contributed by atoms with Gasteiger partial charge in [-0.15, -0.1) is 0 Å². The van der Waals surface area contributed by atoms with Gasteiger partial charge in [-0.3, -0.25) is 19.3 Å². The number of carbonyl (C=O) groups is 3. The Hall–Kier alpha value is -3.19. The molecule has 1 fully saturated rings. The van der Waals surface area contributed by atoms with Gasteiger partial charge in [0.25, 0.3) is 5.91 Å². The number of hydrogen-bond donors (Lipinski definition) is 3. The summed E-state index contributed by atoms with van der Waals surface area (Å²) < 4.78 is 0. The average molecular weight is 423 g/mol. The Morgan fingerprint density at radius 1 is 1.13 bits per heavy atom. The molecule has 0 spiro atoms. The number of amides is 3. The van der Waals surface area contributed by atoms with E-state index in [9.17, 15) is 14.4 Å². The molecule has 2 aromatic carbocycles. The van der Waals surface area contributed by atoms with Crippen molar-refractivity contribution in [2.75, 3.05) is 25.0 Å². The fraction of sp³-hybridized carbons (Fsp3) is 0.375. The maximum absolute atomic E-state index is 12.7. The summed E-state index contributed by atoms with van der Waals surface area (Å²) >= 11 is 0. The van der Waals surface area contributed by atoms with Crippen molar-refractivity contribution in [2.24, 2.45) is 5.92 Å². The first-order valence-corrected chi connectivity index (χ1v) is 10.6. The van der Waals surface area contributed by atoms with Gasteiger partial charge < -0.3 is 16.0 Å². The van der Waals surface area contributed by atoms with Crippen molar-refractivity contribution in [3.05, 3.63) is 65.2 Å². The van der Waals surface area contributed by atoms with Crippen molar-refractivity contribution < 1.29 is 14.4 Å². The number of benzene rings is 2. The molecule has 1 unspecified atom stereocenters. The lowest BCUT2D eigenvalue weighted by Crippen LogP contribution is -2.58. The van der Waals surface area contributed by atoms with Crippen LogP contribution in [0, 0.1) is 12.8 Å². The van der Waals surface area contributed by atoms with Gasteiger partial charge in [0.05, 0.1) is 23.8 Å². The summed E-state index contributed by atoms with van der Waals surface area (Å²) in [6.45, 7) is 7.58. The first kappa shape index (κ1) is 22.5. The van der Waals surface area contributed by atoms with Crippen LogP contribution in [0.25, 0.3) is 0 Å². The zero-order chi connectivity index (χ0) is 22.4. The van der Waals surface area contributed by atoms with Crippen molar-refractivity contribution in [3.63, 3.8) is 0 Å². The largest absolute Gasteiger partial charge is 0.353 e. The zero-order valence-electron chi connectivity index (χ0n) is 18.3. The monoisotopic (exact) mass is 422 g/mol. The number of piperazine rings is 1. The van der Waals surface area contributed by atoms with Crippen LogP contribution in [0.2, 0.25) is 0 Å². The van der Waals surface area contributed by atoms with E-state index >= 15 is 0 Å². The summed E-state index contributed by atoms with van der Waals surface area (Å²) in [5, 5.41) is 8.61. The second-order valence-corrected chi connectivity index (χ2v) is 8.21. The standard InChI is InChI=1S/C24H30N4O3/c1-16(2)22-24(31)25-12-13-28(22)15-21(29)27-20-7-5-4-6-19(20)23(30)26-14-18-10-8-17(3)9-11-18/h4-11,16,22H,12-15H2,1-3H3,(H,25,31)(H,26,30)(H,27,29). The van der Waals surface area contributed by atoms with Crippen LogP contribution in [-0.4, -0.2) is 48.3 Å². The molecule has 0 radical (unpaired) electrons. The lowest BCUT2D eigenvalue weighted by Gasteiger charge is -2.36. The van der Waals surface area contributed by atoms with E-state index < -0.39 is 0 Å². The van der Waals surface area contributed by atoms with Crippen molar-refractivity contribution in [3.8, 4) is 0 Å². The maximum atomic E-state index is 12.7. The minimum Gasteiger partial charge on any atom is -0.353 e. The highest BCUT2D eigenvalue weighted by Crippen LogP contribution is 2.17. The molecule has 164 valence electrons. The smallest absolute Gasteiger partial charge is 0.253 e. The molecule has 0 aromatic heterocycles. The molecule has 1 aliphatic heterocycles. The van der Waals surface area contributed by atoms with E-state index in [2.05, 4.69) is 16.0 Å². The number of nitrogens with zero attached hydrogens (tertiary/aromatic N) is 1. The number of hydrogen-bond acceptors (Lipinski definition) is 4. The van der Waals surface area contributed by atoms with Crippen molar-refractivity contribution in [1.82, 2.24) is 15.5 Å². The van der Waals surface area contributed by atoms with Crippen LogP contribution in [-0.2, 0) is 16.1 Å². The van der Waals surface area contributed by atoms with Crippen LogP contribution in [0.5, 0.6) is 0 Å². The number of carbonyl (C=O) groups excluding carboxylic acids is 3. The average Bonchev–Trinajstić information content (AvgIpc) is 2.73. The number of aryl methyl sites for hydroxylation is 1. The van der Waals surface area contributed by atoms with Crippen molar-refractivity contribution in [2.45, 2.75) is 33.4 Å². The Bertz CT molecular complexity index is 940. The topological polar surface area (TPSA) is 90.5 Å². The molecular formula is C24H30N4O3. The minimum atomic E-state index is -0.340. The SMILES string of the molecule is Cc1ccc(CNC(=O)c2ccccc2NC(=O)CN2CCNC(=O)C2C(C)C)cc1. The van der Waals surface area contributed by atoms with Gasteiger partial charge in [-0.05, 0) is 30.5 Å². The molecule has 3 amide bonds. The number of para-hydroxylation sites is 1. The van der Waals surface area contributed by atoms with Crippen LogP contribution < -0.4 is 16.0 Å². The van der Waals surface area contributed by atoms with E-state index in [0.717, 1.165) is 11.1 Å². The van der Waals surface area contributed by atoms with Gasteiger partial charge in [0.1, 0.15) is 0 Å². The third-order valence-corrected chi connectivity index (χ3v) is 5.36. The molecule has 0 saturated carbocycles. The normalized spacial score (nSPS) is 16.6. The molecule has 7 nitrogen and oxygen atoms in total. The van der Waals surface area contributed by atoms with Gasteiger partial charge in [-0.25, -0.2) is 0 Å². The Kier molecular flexibility index (Phi) is 7.41. The molecule has 1 heterocycles. The van der Waals surface area contributed by atoms with Gasteiger partial charge in [0.2, 0.25) is 11.8 Å². The highest BCUT2D eigenvalue weighted by molar-refractivity contribution is 6.04. The lowest BCUT2D eigenvalue weighted by atomic mass is 9.99. The molecule has 0 aliphatic carbocycles. The first-order valence-electron chi connectivity index (χ1n) is 10.6. The maximum Gasteiger partial charge on any atom is 0.253 e. The van der Waals surface area contributed by atoms with Gasteiger partial charge >= 0.3 is 0 Å². The third-order valence-electron chi connectivity index (χ3n) is 5.36. The van der Waals surface area contributed by atoms with Gasteiger partial charge in [0.15, 0.2) is 0 Å². The predicted molar refractivity (Wildman–Crippen MR) is 121 cm³/mol. The van der Waals surface area contributed by atoms with Crippen LogP contribution in [0.1, 0.15) is 35.3 Å². The minimum absolute atomic E-state index is 0.0510. The summed E-state index contributed by atoms with van der Waals surface area (Å²) in [7, 11) is 0. The van der Waals surface area contributed by atoms with E-state index in [-0.39, 0.29) is 36.2 Å². The molecule has 1 aliphatic rings. The lowest BCUT2D eigenvalue weighted by molar-refractivity contribution is -0.132. The number of nitrogens with one attached hydrogen (secondary N) is 3. The van der Waals surface area contributed by atoms with Crippen LogP contribution >= 0.6 is 0 Å². The van der Waals surface area contributed by atoms with E-state index in [1.165, 1.54) is 0 Å². The summed E-state index contributed by atoms with van der Waals surface area (Å²) in [6, 6.07) is 14.5.